The average molecular weight is 356 g/mol. The number of nitrogens with one attached hydrogen (secondary N) is 1. The van der Waals surface area contributed by atoms with Crippen molar-refractivity contribution in [1.82, 2.24) is 10.2 Å². The van der Waals surface area contributed by atoms with Gasteiger partial charge >= 0.3 is 5.97 Å². The molecule has 3 rings (SSSR count). The van der Waals surface area contributed by atoms with Crippen molar-refractivity contribution in [3.05, 3.63) is 59.0 Å². The second-order valence-electron chi connectivity index (χ2n) is 5.59. The van der Waals surface area contributed by atoms with Crippen LogP contribution in [0.1, 0.15) is 28.0 Å². The normalized spacial score (nSPS) is 11.3. The van der Waals surface area contributed by atoms with Gasteiger partial charge in [0.15, 0.2) is 0 Å². The summed E-state index contributed by atoms with van der Waals surface area (Å²) in [7, 11) is 0. The Bertz CT molecular complexity index is 948. The molecule has 0 aliphatic rings. The molecule has 0 saturated carbocycles. The monoisotopic (exact) mass is 356 g/mol. The molecule has 0 radical (unpaired) electrons. The van der Waals surface area contributed by atoms with Crippen molar-refractivity contribution >= 4 is 29.0 Å². The summed E-state index contributed by atoms with van der Waals surface area (Å²) in [5, 5.41) is 26.0. The fraction of sp³-hybridized carbons (Fsp3) is 0.158. The molecule has 1 heterocycles. The maximum Gasteiger partial charge on any atom is 0.339 e. The third-order valence-corrected chi connectivity index (χ3v) is 3.79. The zero-order chi connectivity index (χ0) is 18.5. The van der Waals surface area contributed by atoms with Crippen molar-refractivity contribution in [3.8, 4) is 5.75 Å². The van der Waals surface area contributed by atoms with Crippen molar-refractivity contribution in [2.45, 2.75) is 6.42 Å². The van der Waals surface area contributed by atoms with Crippen molar-refractivity contribution in [3.63, 3.8) is 0 Å². The number of hydrogen-bond donors (Lipinski definition) is 3. The van der Waals surface area contributed by atoms with Crippen molar-refractivity contribution in [1.29, 1.82) is 0 Å². The number of fused-ring (bicyclic) bond motifs is 1. The molecule has 6 nitrogen and oxygen atoms in total. The number of carboxylic acid groups (broad SMARTS) is 1. The molecule has 0 amide bonds. The molecule has 134 valence electrons. The molecule has 0 aliphatic carbocycles. The summed E-state index contributed by atoms with van der Waals surface area (Å²) in [4.78, 5) is 11.5. The first kappa shape index (κ1) is 17.6. The Labute approximate surface area is 148 Å². The lowest BCUT2D eigenvalue weighted by atomic mass is 10.1. The maximum atomic E-state index is 13.0. The average Bonchev–Trinajstić information content (AvgIpc) is 3.05. The standard InChI is InChI=1S/C19H17FN2O4/c20-13-5-2-12(3-6-13)4-8-15-17-16(22-21-15)9-7-14(19(24)25)18(17)26-11-1-10-23/h2-9,23H,1,10-11H2,(H,21,22)(H,24,25). The number of H-pyrrole nitrogens is 1. The highest BCUT2D eigenvalue weighted by Gasteiger charge is 2.18. The van der Waals surface area contributed by atoms with Gasteiger partial charge in [-0.3, -0.25) is 5.10 Å². The highest BCUT2D eigenvalue weighted by Crippen LogP contribution is 2.32. The van der Waals surface area contributed by atoms with Gasteiger partial charge < -0.3 is 14.9 Å². The Morgan fingerprint density at radius 2 is 1.96 bits per heavy atom. The molecule has 0 unspecified atom stereocenters. The Kier molecular flexibility index (Phi) is 5.28. The molecule has 0 saturated heterocycles. The lowest BCUT2D eigenvalue weighted by molar-refractivity contribution is 0.0692. The number of aromatic amines is 1. The van der Waals surface area contributed by atoms with E-state index in [9.17, 15) is 14.3 Å². The number of carbonyl (C=O) groups is 1. The minimum absolute atomic E-state index is 0.0215. The van der Waals surface area contributed by atoms with Crippen LogP contribution in [0.2, 0.25) is 0 Å². The van der Waals surface area contributed by atoms with Crippen LogP contribution >= 0.6 is 0 Å². The molecular formula is C19H17FN2O4. The molecule has 3 N–H and O–H groups in total. The summed E-state index contributed by atoms with van der Waals surface area (Å²) in [5.74, 6) is -1.23. The third kappa shape index (κ3) is 3.73. The zero-order valence-electron chi connectivity index (χ0n) is 13.8. The minimum Gasteiger partial charge on any atom is -0.492 e. The SMILES string of the molecule is O=C(O)c1ccc2[nH]nc(C=Cc3ccc(F)cc3)c2c1OCCCO. The summed E-state index contributed by atoms with van der Waals surface area (Å²) < 4.78 is 18.6. The number of nitrogens with zero attached hydrogens (tertiary/aromatic N) is 1. The van der Waals surface area contributed by atoms with Crippen molar-refractivity contribution in [2.75, 3.05) is 13.2 Å². The molecule has 3 aromatic rings. The summed E-state index contributed by atoms with van der Waals surface area (Å²) in [6.45, 7) is 0.128. The first-order chi connectivity index (χ1) is 12.6. The van der Waals surface area contributed by atoms with Crippen molar-refractivity contribution in [2.24, 2.45) is 0 Å². The van der Waals surface area contributed by atoms with Crippen LogP contribution in [0, 0.1) is 5.82 Å². The number of aliphatic hydroxyl groups is 1. The van der Waals surface area contributed by atoms with Gasteiger partial charge in [-0.25, -0.2) is 9.18 Å². The lowest BCUT2D eigenvalue weighted by Gasteiger charge is -2.10. The predicted octanol–water partition coefficient (Wildman–Crippen LogP) is 3.33. The van der Waals surface area contributed by atoms with E-state index in [0.717, 1.165) is 5.56 Å². The number of carboxylic acids is 1. The Hall–Kier alpha value is -3.19. The highest BCUT2D eigenvalue weighted by atomic mass is 19.1. The predicted molar refractivity (Wildman–Crippen MR) is 95.6 cm³/mol. The van der Waals surface area contributed by atoms with Gasteiger partial charge in [0.25, 0.3) is 0 Å². The quantitative estimate of drug-likeness (QED) is 0.565. The first-order valence-electron chi connectivity index (χ1n) is 8.02. The molecular weight excluding hydrogens is 339 g/mol. The van der Waals surface area contributed by atoms with Gasteiger partial charge in [-0.15, -0.1) is 0 Å². The second-order valence-corrected chi connectivity index (χ2v) is 5.59. The number of hydrogen-bond acceptors (Lipinski definition) is 4. The van der Waals surface area contributed by atoms with Crippen LogP contribution in [0.25, 0.3) is 23.1 Å². The fourth-order valence-corrected chi connectivity index (χ4v) is 2.53. The number of rotatable bonds is 7. The number of ether oxygens (including phenoxy) is 1. The van der Waals surface area contributed by atoms with Gasteiger partial charge in [0.05, 0.1) is 23.2 Å². The van der Waals surface area contributed by atoms with Crippen LogP contribution in [0.3, 0.4) is 0 Å². The van der Waals surface area contributed by atoms with E-state index >= 15 is 0 Å². The summed E-state index contributed by atoms with van der Waals surface area (Å²) in [6, 6.07) is 9.04. The van der Waals surface area contributed by atoms with Crippen LogP contribution < -0.4 is 4.74 Å². The molecule has 2 aromatic carbocycles. The van der Waals surface area contributed by atoms with Gasteiger partial charge in [-0.2, -0.15) is 5.10 Å². The van der Waals surface area contributed by atoms with E-state index in [-0.39, 0.29) is 30.3 Å². The van der Waals surface area contributed by atoms with Crippen LogP contribution in [-0.4, -0.2) is 39.6 Å². The molecule has 26 heavy (non-hydrogen) atoms. The Balaban J connectivity index is 2.03. The van der Waals surface area contributed by atoms with E-state index in [0.29, 0.717) is 23.0 Å². The van der Waals surface area contributed by atoms with Crippen LogP contribution in [-0.2, 0) is 0 Å². The molecule has 0 bridgehead atoms. The zero-order valence-corrected chi connectivity index (χ0v) is 13.8. The van der Waals surface area contributed by atoms with Gasteiger partial charge in [-0.1, -0.05) is 18.2 Å². The lowest BCUT2D eigenvalue weighted by Crippen LogP contribution is -2.06. The number of aromatic nitrogens is 2. The largest absolute Gasteiger partial charge is 0.492 e. The molecule has 0 atom stereocenters. The number of aliphatic hydroxyl groups excluding tert-OH is 1. The van der Waals surface area contributed by atoms with Crippen LogP contribution in [0.15, 0.2) is 36.4 Å². The number of aromatic carboxylic acids is 1. The van der Waals surface area contributed by atoms with Crippen LogP contribution in [0.5, 0.6) is 5.75 Å². The smallest absolute Gasteiger partial charge is 0.339 e. The molecule has 0 aliphatic heterocycles. The maximum absolute atomic E-state index is 13.0. The van der Waals surface area contributed by atoms with E-state index in [4.69, 9.17) is 9.84 Å². The van der Waals surface area contributed by atoms with Crippen molar-refractivity contribution < 1.29 is 24.1 Å². The number of benzene rings is 2. The van der Waals surface area contributed by atoms with E-state index in [1.807, 2.05) is 0 Å². The topological polar surface area (TPSA) is 95.4 Å². The van der Waals surface area contributed by atoms with E-state index in [2.05, 4.69) is 10.2 Å². The van der Waals surface area contributed by atoms with Crippen LogP contribution in [0.4, 0.5) is 4.39 Å². The molecule has 0 spiro atoms. The van der Waals surface area contributed by atoms with Gasteiger partial charge in [-0.05, 0) is 35.9 Å². The summed E-state index contributed by atoms with van der Waals surface area (Å²) in [6.07, 6.45) is 3.84. The Morgan fingerprint density at radius 1 is 1.19 bits per heavy atom. The second kappa shape index (κ2) is 7.79. The molecule has 1 aromatic heterocycles. The fourth-order valence-electron chi connectivity index (χ4n) is 2.53. The van der Waals surface area contributed by atoms with Gasteiger partial charge in [0, 0.05) is 13.0 Å². The third-order valence-electron chi connectivity index (χ3n) is 3.79. The molecule has 0 fully saturated rings. The molecule has 7 heteroatoms. The van der Waals surface area contributed by atoms with Gasteiger partial charge in [0.2, 0.25) is 0 Å². The first-order valence-corrected chi connectivity index (χ1v) is 8.02. The van der Waals surface area contributed by atoms with E-state index in [1.54, 1.807) is 30.4 Å². The minimum atomic E-state index is -1.11. The number of halogens is 1. The summed E-state index contributed by atoms with van der Waals surface area (Å²) >= 11 is 0. The summed E-state index contributed by atoms with van der Waals surface area (Å²) in [5.41, 5.74) is 1.94. The van der Waals surface area contributed by atoms with Gasteiger partial charge in [0.1, 0.15) is 17.1 Å². The highest BCUT2D eigenvalue weighted by molar-refractivity contribution is 6.02. The van der Waals surface area contributed by atoms with E-state index < -0.39 is 5.97 Å². The van der Waals surface area contributed by atoms with E-state index in [1.165, 1.54) is 18.2 Å². The Morgan fingerprint density at radius 3 is 2.65 bits per heavy atom.